The molecule has 0 aromatic rings. The summed E-state index contributed by atoms with van der Waals surface area (Å²) in [7, 11) is 0. The van der Waals surface area contributed by atoms with Crippen molar-refractivity contribution in [3.63, 3.8) is 0 Å². The summed E-state index contributed by atoms with van der Waals surface area (Å²) in [5.41, 5.74) is 0. The Balaban J connectivity index is 1.58. The number of likely N-dealkylation sites (N-methyl/N-ethyl adjacent to an activating group) is 1. The molecule has 2 N–H and O–H groups in total. The summed E-state index contributed by atoms with van der Waals surface area (Å²) in [4.78, 5) is 7.30. The summed E-state index contributed by atoms with van der Waals surface area (Å²) >= 11 is 0. The molecule has 0 aromatic heterocycles. The Morgan fingerprint density at radius 3 is 2.92 bits per heavy atom. The van der Waals surface area contributed by atoms with E-state index < -0.39 is 0 Å². The van der Waals surface area contributed by atoms with Crippen LogP contribution in [0.2, 0.25) is 0 Å². The average Bonchev–Trinajstić information content (AvgIpc) is 3.26. The van der Waals surface area contributed by atoms with Crippen LogP contribution in [0.15, 0.2) is 4.99 Å². The predicted octanol–water partition coefficient (Wildman–Crippen LogP) is 1.61. The Labute approximate surface area is 147 Å². The molecule has 2 unspecified atom stereocenters. The van der Waals surface area contributed by atoms with Gasteiger partial charge in [0, 0.05) is 32.3 Å². The van der Waals surface area contributed by atoms with E-state index in [9.17, 15) is 0 Å². The number of aliphatic imine (C=N–C) groups is 1. The molecule has 0 aliphatic carbocycles. The molecular formula is C18H36N4O2. The molecular weight excluding hydrogens is 304 g/mol. The van der Waals surface area contributed by atoms with Gasteiger partial charge in [-0.15, -0.1) is 0 Å². The van der Waals surface area contributed by atoms with E-state index in [1.54, 1.807) is 0 Å². The number of rotatable bonds is 10. The fourth-order valence-corrected chi connectivity index (χ4v) is 3.43. The van der Waals surface area contributed by atoms with Crippen molar-refractivity contribution < 1.29 is 9.47 Å². The maximum atomic E-state index is 5.70. The Morgan fingerprint density at radius 2 is 2.17 bits per heavy atom. The van der Waals surface area contributed by atoms with Gasteiger partial charge >= 0.3 is 0 Å². The van der Waals surface area contributed by atoms with E-state index in [1.165, 1.54) is 25.8 Å². The molecule has 2 fully saturated rings. The molecule has 0 saturated carbocycles. The monoisotopic (exact) mass is 340 g/mol. The highest BCUT2D eigenvalue weighted by Crippen LogP contribution is 2.16. The third-order valence-electron chi connectivity index (χ3n) is 4.80. The Hall–Kier alpha value is -0.850. The van der Waals surface area contributed by atoms with Gasteiger partial charge in [0.25, 0.3) is 0 Å². The molecule has 0 radical (unpaired) electrons. The highest BCUT2D eigenvalue weighted by atomic mass is 16.5. The smallest absolute Gasteiger partial charge is 0.191 e. The SMILES string of the molecule is CCNC(=NCC1CCCN1CC)NCCCOCC1CCCO1. The first kappa shape index (κ1) is 19.5. The van der Waals surface area contributed by atoms with Crippen LogP contribution in [0.3, 0.4) is 0 Å². The zero-order valence-corrected chi connectivity index (χ0v) is 15.6. The van der Waals surface area contributed by atoms with Crippen molar-refractivity contribution in [2.45, 2.75) is 58.1 Å². The molecule has 2 heterocycles. The second-order valence-electron chi connectivity index (χ2n) is 6.63. The lowest BCUT2D eigenvalue weighted by molar-refractivity contribution is 0.0168. The second-order valence-corrected chi connectivity index (χ2v) is 6.63. The molecule has 2 saturated heterocycles. The molecule has 6 heteroatoms. The highest BCUT2D eigenvalue weighted by Gasteiger charge is 2.22. The van der Waals surface area contributed by atoms with Crippen LogP contribution in [-0.4, -0.2) is 75.5 Å². The molecule has 0 spiro atoms. The summed E-state index contributed by atoms with van der Waals surface area (Å²) in [6, 6.07) is 0.611. The third-order valence-corrected chi connectivity index (χ3v) is 4.80. The highest BCUT2D eigenvalue weighted by molar-refractivity contribution is 5.79. The summed E-state index contributed by atoms with van der Waals surface area (Å²) in [5, 5.41) is 6.75. The Bertz CT molecular complexity index is 359. The van der Waals surface area contributed by atoms with Crippen molar-refractivity contribution in [2.75, 3.05) is 52.5 Å². The van der Waals surface area contributed by atoms with E-state index >= 15 is 0 Å². The molecule has 0 aromatic carbocycles. The van der Waals surface area contributed by atoms with Crippen LogP contribution in [-0.2, 0) is 9.47 Å². The van der Waals surface area contributed by atoms with Gasteiger partial charge in [-0.2, -0.15) is 0 Å². The van der Waals surface area contributed by atoms with E-state index in [0.717, 1.165) is 64.8 Å². The Morgan fingerprint density at radius 1 is 1.25 bits per heavy atom. The minimum Gasteiger partial charge on any atom is -0.379 e. The average molecular weight is 341 g/mol. The molecule has 24 heavy (non-hydrogen) atoms. The standard InChI is InChI=1S/C18H36N4O2/c1-3-19-18(21-14-16-8-5-11-22(16)4-2)20-10-7-12-23-15-17-9-6-13-24-17/h16-17H,3-15H2,1-2H3,(H2,19,20,21). The van der Waals surface area contributed by atoms with Gasteiger partial charge in [-0.3, -0.25) is 9.89 Å². The van der Waals surface area contributed by atoms with Crippen LogP contribution in [0.25, 0.3) is 0 Å². The van der Waals surface area contributed by atoms with Crippen LogP contribution in [0.5, 0.6) is 0 Å². The molecule has 0 amide bonds. The van der Waals surface area contributed by atoms with E-state index in [0.29, 0.717) is 12.1 Å². The fourth-order valence-electron chi connectivity index (χ4n) is 3.43. The molecule has 2 aliphatic rings. The van der Waals surface area contributed by atoms with Crippen LogP contribution >= 0.6 is 0 Å². The maximum absolute atomic E-state index is 5.70. The third kappa shape index (κ3) is 6.95. The van der Waals surface area contributed by atoms with E-state index in [-0.39, 0.29) is 0 Å². The van der Waals surface area contributed by atoms with Gasteiger partial charge in [-0.05, 0) is 52.1 Å². The first-order valence-corrected chi connectivity index (χ1v) is 9.79. The molecule has 2 rings (SSSR count). The minimum atomic E-state index is 0.324. The quantitative estimate of drug-likeness (QED) is 0.359. The number of guanidine groups is 1. The number of hydrogen-bond donors (Lipinski definition) is 2. The van der Waals surface area contributed by atoms with Crippen LogP contribution in [0, 0.1) is 0 Å². The van der Waals surface area contributed by atoms with Crippen molar-refractivity contribution in [1.82, 2.24) is 15.5 Å². The normalized spacial score (nSPS) is 25.3. The van der Waals surface area contributed by atoms with Crippen molar-refractivity contribution in [1.29, 1.82) is 0 Å². The molecule has 0 bridgehead atoms. The van der Waals surface area contributed by atoms with Crippen molar-refractivity contribution in [3.05, 3.63) is 0 Å². The largest absolute Gasteiger partial charge is 0.379 e. The lowest BCUT2D eigenvalue weighted by Crippen LogP contribution is -2.39. The van der Waals surface area contributed by atoms with Gasteiger partial charge in [0.1, 0.15) is 0 Å². The van der Waals surface area contributed by atoms with Crippen molar-refractivity contribution in [2.24, 2.45) is 4.99 Å². The van der Waals surface area contributed by atoms with Gasteiger partial charge < -0.3 is 20.1 Å². The van der Waals surface area contributed by atoms with E-state index in [1.807, 2.05) is 0 Å². The van der Waals surface area contributed by atoms with Gasteiger partial charge in [-0.1, -0.05) is 6.92 Å². The van der Waals surface area contributed by atoms with E-state index in [2.05, 4.69) is 29.4 Å². The van der Waals surface area contributed by atoms with Crippen molar-refractivity contribution >= 4 is 5.96 Å². The molecule has 140 valence electrons. The van der Waals surface area contributed by atoms with Crippen molar-refractivity contribution in [3.8, 4) is 0 Å². The minimum absolute atomic E-state index is 0.324. The summed E-state index contributed by atoms with van der Waals surface area (Å²) < 4.78 is 11.3. The lowest BCUT2D eigenvalue weighted by Gasteiger charge is -2.21. The summed E-state index contributed by atoms with van der Waals surface area (Å²) in [6.07, 6.45) is 6.21. The van der Waals surface area contributed by atoms with Crippen LogP contribution in [0.1, 0.15) is 46.0 Å². The van der Waals surface area contributed by atoms with Crippen LogP contribution < -0.4 is 10.6 Å². The number of hydrogen-bond acceptors (Lipinski definition) is 4. The zero-order valence-electron chi connectivity index (χ0n) is 15.6. The summed E-state index contributed by atoms with van der Waals surface area (Å²) in [5.74, 6) is 0.930. The number of nitrogens with one attached hydrogen (secondary N) is 2. The van der Waals surface area contributed by atoms with Gasteiger partial charge in [0.15, 0.2) is 5.96 Å². The van der Waals surface area contributed by atoms with Gasteiger partial charge in [0.2, 0.25) is 0 Å². The topological polar surface area (TPSA) is 58.1 Å². The molecule has 2 atom stereocenters. The fraction of sp³-hybridized carbons (Fsp3) is 0.944. The maximum Gasteiger partial charge on any atom is 0.191 e. The number of ether oxygens (including phenoxy) is 2. The number of likely N-dealkylation sites (tertiary alicyclic amines) is 1. The second kappa shape index (κ2) is 11.7. The summed E-state index contributed by atoms with van der Waals surface area (Å²) in [6.45, 7) is 11.8. The van der Waals surface area contributed by atoms with E-state index in [4.69, 9.17) is 14.5 Å². The zero-order chi connectivity index (χ0) is 17.0. The molecule has 2 aliphatic heterocycles. The van der Waals surface area contributed by atoms with Gasteiger partial charge in [-0.25, -0.2) is 0 Å². The molecule has 6 nitrogen and oxygen atoms in total. The predicted molar refractivity (Wildman–Crippen MR) is 98.7 cm³/mol. The van der Waals surface area contributed by atoms with Crippen LogP contribution in [0.4, 0.5) is 0 Å². The Kier molecular flexibility index (Phi) is 9.46. The lowest BCUT2D eigenvalue weighted by atomic mass is 10.2. The van der Waals surface area contributed by atoms with Gasteiger partial charge in [0.05, 0.1) is 19.3 Å². The first-order chi connectivity index (χ1) is 11.8. The first-order valence-electron chi connectivity index (χ1n) is 9.79. The number of nitrogens with zero attached hydrogens (tertiary/aromatic N) is 2.